The Labute approximate surface area is 116 Å². The van der Waals surface area contributed by atoms with Crippen LogP contribution in [-0.2, 0) is 4.79 Å². The van der Waals surface area contributed by atoms with Crippen LogP contribution >= 0.6 is 11.3 Å². The first kappa shape index (κ1) is 13.9. The predicted molar refractivity (Wildman–Crippen MR) is 75.1 cm³/mol. The summed E-state index contributed by atoms with van der Waals surface area (Å²) in [6, 6.07) is 3.87. The summed E-state index contributed by atoms with van der Waals surface area (Å²) in [5, 5.41) is 16.9. The Kier molecular flexibility index (Phi) is 3.80. The molecule has 0 bridgehead atoms. The van der Waals surface area contributed by atoms with Gasteiger partial charge < -0.3 is 16.3 Å². The molecule has 6 heteroatoms. The fourth-order valence-corrected chi connectivity index (χ4v) is 3.41. The second-order valence-electron chi connectivity index (χ2n) is 5.29. The Hall–Kier alpha value is -1.56. The zero-order valence-electron chi connectivity index (χ0n) is 11.1. The summed E-state index contributed by atoms with van der Waals surface area (Å²) in [6.07, 6.45) is 1.26. The molecule has 1 unspecified atom stereocenters. The maximum Gasteiger partial charge on any atom is 0.234 e. The van der Waals surface area contributed by atoms with Gasteiger partial charge in [-0.05, 0) is 37.1 Å². The number of rotatable bonds is 4. The standard InChI is InChI=1S/C13H19N3O2S/c1-8-6-13(7-8,11(14)16-18)12(17)15-9(2)10-4-3-5-19-10/h3-5,8-9,18H,6-7H2,1-2H3,(H2,14,16)(H,15,17). The van der Waals surface area contributed by atoms with Crippen molar-refractivity contribution in [2.45, 2.75) is 32.7 Å². The van der Waals surface area contributed by atoms with Gasteiger partial charge in [-0.25, -0.2) is 0 Å². The summed E-state index contributed by atoms with van der Waals surface area (Å²) in [5.74, 6) is 0.284. The van der Waals surface area contributed by atoms with E-state index in [0.29, 0.717) is 18.8 Å². The van der Waals surface area contributed by atoms with Gasteiger partial charge in [0.15, 0.2) is 5.84 Å². The van der Waals surface area contributed by atoms with Gasteiger partial charge in [0.1, 0.15) is 5.41 Å². The summed E-state index contributed by atoms with van der Waals surface area (Å²) in [6.45, 7) is 3.99. The Morgan fingerprint density at radius 2 is 2.37 bits per heavy atom. The molecule has 1 aromatic rings. The van der Waals surface area contributed by atoms with Crippen molar-refractivity contribution in [2.24, 2.45) is 22.2 Å². The number of nitrogens with two attached hydrogens (primary N) is 1. The molecule has 104 valence electrons. The quantitative estimate of drug-likeness (QED) is 0.342. The fourth-order valence-electron chi connectivity index (χ4n) is 2.68. The highest BCUT2D eigenvalue weighted by atomic mass is 32.1. The van der Waals surface area contributed by atoms with Crippen LogP contribution in [-0.4, -0.2) is 17.0 Å². The van der Waals surface area contributed by atoms with E-state index >= 15 is 0 Å². The molecule has 1 aliphatic carbocycles. The summed E-state index contributed by atoms with van der Waals surface area (Å²) < 4.78 is 0. The second kappa shape index (κ2) is 5.21. The molecule has 5 nitrogen and oxygen atoms in total. The van der Waals surface area contributed by atoms with Crippen molar-refractivity contribution in [2.75, 3.05) is 0 Å². The summed E-state index contributed by atoms with van der Waals surface area (Å²) in [5.41, 5.74) is 4.88. The number of hydrogen-bond acceptors (Lipinski definition) is 4. The first-order valence-electron chi connectivity index (χ1n) is 6.32. The van der Waals surface area contributed by atoms with Gasteiger partial charge in [0.25, 0.3) is 0 Å². The fraction of sp³-hybridized carbons (Fsp3) is 0.538. The van der Waals surface area contributed by atoms with Gasteiger partial charge in [-0.3, -0.25) is 4.79 Å². The molecule has 1 atom stereocenters. The van der Waals surface area contributed by atoms with Crippen molar-refractivity contribution >= 4 is 23.1 Å². The highest BCUT2D eigenvalue weighted by Gasteiger charge is 2.52. The summed E-state index contributed by atoms with van der Waals surface area (Å²) in [4.78, 5) is 13.5. The third-order valence-corrected chi connectivity index (χ3v) is 4.80. The molecule has 1 aromatic heterocycles. The number of hydrogen-bond donors (Lipinski definition) is 3. The first-order chi connectivity index (χ1) is 8.99. The van der Waals surface area contributed by atoms with E-state index in [2.05, 4.69) is 17.4 Å². The number of nitrogens with zero attached hydrogens (tertiary/aromatic N) is 1. The van der Waals surface area contributed by atoms with E-state index in [-0.39, 0.29) is 17.8 Å². The zero-order chi connectivity index (χ0) is 14.0. The van der Waals surface area contributed by atoms with E-state index in [1.807, 2.05) is 24.4 Å². The minimum atomic E-state index is -0.834. The second-order valence-corrected chi connectivity index (χ2v) is 6.27. The average molecular weight is 281 g/mol. The highest BCUT2D eigenvalue weighted by molar-refractivity contribution is 7.10. The van der Waals surface area contributed by atoms with Crippen molar-refractivity contribution in [3.8, 4) is 0 Å². The van der Waals surface area contributed by atoms with Gasteiger partial charge in [-0.15, -0.1) is 11.3 Å². The van der Waals surface area contributed by atoms with Gasteiger partial charge in [0.05, 0.1) is 6.04 Å². The smallest absolute Gasteiger partial charge is 0.234 e. The molecule has 1 saturated carbocycles. The average Bonchev–Trinajstić information content (AvgIpc) is 2.87. The Morgan fingerprint density at radius 1 is 1.68 bits per heavy atom. The third-order valence-electron chi connectivity index (χ3n) is 3.74. The molecule has 2 rings (SSSR count). The minimum Gasteiger partial charge on any atom is -0.409 e. The lowest BCUT2D eigenvalue weighted by atomic mass is 9.61. The lowest BCUT2D eigenvalue weighted by Crippen LogP contribution is -2.57. The molecule has 0 aromatic carbocycles. The Balaban J connectivity index is 2.09. The van der Waals surface area contributed by atoms with Gasteiger partial charge in [-0.1, -0.05) is 18.1 Å². The number of amidine groups is 1. The third kappa shape index (κ3) is 2.45. The highest BCUT2D eigenvalue weighted by Crippen LogP contribution is 2.46. The summed E-state index contributed by atoms with van der Waals surface area (Å²) >= 11 is 1.60. The monoisotopic (exact) mass is 281 g/mol. The number of thiophene rings is 1. The Morgan fingerprint density at radius 3 is 2.84 bits per heavy atom. The molecule has 19 heavy (non-hydrogen) atoms. The predicted octanol–water partition coefficient (Wildman–Crippen LogP) is 2.09. The lowest BCUT2D eigenvalue weighted by molar-refractivity contribution is -0.133. The van der Waals surface area contributed by atoms with Crippen molar-refractivity contribution in [3.63, 3.8) is 0 Å². The molecule has 1 fully saturated rings. The number of carbonyl (C=O) groups excluding carboxylic acids is 1. The van der Waals surface area contributed by atoms with Crippen LogP contribution in [0.4, 0.5) is 0 Å². The molecule has 1 aliphatic rings. The van der Waals surface area contributed by atoms with E-state index in [4.69, 9.17) is 10.9 Å². The van der Waals surface area contributed by atoms with E-state index in [9.17, 15) is 4.79 Å². The number of nitrogens with one attached hydrogen (secondary N) is 1. The van der Waals surface area contributed by atoms with Crippen LogP contribution in [0.3, 0.4) is 0 Å². The maximum atomic E-state index is 12.4. The van der Waals surface area contributed by atoms with Gasteiger partial charge >= 0.3 is 0 Å². The van der Waals surface area contributed by atoms with Crippen LogP contribution in [0.15, 0.2) is 22.7 Å². The van der Waals surface area contributed by atoms with Gasteiger partial charge in [0.2, 0.25) is 5.91 Å². The SMILES string of the molecule is CC1CC(C(=O)NC(C)c2cccs2)(/C(N)=N/O)C1. The molecule has 0 saturated heterocycles. The van der Waals surface area contributed by atoms with Crippen LogP contribution in [0.25, 0.3) is 0 Å². The zero-order valence-corrected chi connectivity index (χ0v) is 11.9. The van der Waals surface area contributed by atoms with Crippen molar-refractivity contribution in [1.82, 2.24) is 5.32 Å². The van der Waals surface area contributed by atoms with Gasteiger partial charge in [0, 0.05) is 4.88 Å². The molecule has 1 heterocycles. The largest absolute Gasteiger partial charge is 0.409 e. The molecule has 4 N–H and O–H groups in total. The van der Waals surface area contributed by atoms with E-state index in [1.165, 1.54) is 0 Å². The number of oxime groups is 1. The van der Waals surface area contributed by atoms with Crippen molar-refractivity contribution < 1.29 is 10.0 Å². The van der Waals surface area contributed by atoms with Crippen molar-refractivity contribution in [3.05, 3.63) is 22.4 Å². The molecule has 0 radical (unpaired) electrons. The van der Waals surface area contributed by atoms with E-state index in [1.54, 1.807) is 11.3 Å². The van der Waals surface area contributed by atoms with E-state index < -0.39 is 5.41 Å². The van der Waals surface area contributed by atoms with Crippen LogP contribution in [0, 0.1) is 11.3 Å². The van der Waals surface area contributed by atoms with Crippen LogP contribution < -0.4 is 11.1 Å². The van der Waals surface area contributed by atoms with Crippen molar-refractivity contribution in [1.29, 1.82) is 0 Å². The van der Waals surface area contributed by atoms with Crippen LogP contribution in [0.2, 0.25) is 0 Å². The number of amides is 1. The van der Waals surface area contributed by atoms with Gasteiger partial charge in [-0.2, -0.15) is 0 Å². The molecular formula is C13H19N3O2S. The topological polar surface area (TPSA) is 87.7 Å². The first-order valence-corrected chi connectivity index (χ1v) is 7.20. The Bertz CT molecular complexity index is 478. The molecular weight excluding hydrogens is 262 g/mol. The summed E-state index contributed by atoms with van der Waals surface area (Å²) in [7, 11) is 0. The molecule has 0 aliphatic heterocycles. The lowest BCUT2D eigenvalue weighted by Gasteiger charge is -2.44. The maximum absolute atomic E-state index is 12.4. The molecule has 0 spiro atoms. The van der Waals surface area contributed by atoms with Crippen LogP contribution in [0.1, 0.15) is 37.6 Å². The minimum absolute atomic E-state index is 0.0153. The normalized spacial score (nSPS) is 28.5. The van der Waals surface area contributed by atoms with Crippen LogP contribution in [0.5, 0.6) is 0 Å². The van der Waals surface area contributed by atoms with E-state index in [0.717, 1.165) is 4.88 Å². The molecule has 1 amide bonds. The number of carbonyl (C=O) groups is 1.